The van der Waals surface area contributed by atoms with Crippen LogP contribution in [0.2, 0.25) is 0 Å². The van der Waals surface area contributed by atoms with Gasteiger partial charge < -0.3 is 14.5 Å². The summed E-state index contributed by atoms with van der Waals surface area (Å²) in [6, 6.07) is 2.58. The van der Waals surface area contributed by atoms with Crippen LogP contribution in [-0.4, -0.2) is 19.2 Å². The van der Waals surface area contributed by atoms with Crippen LogP contribution in [-0.2, 0) is 0 Å². The van der Waals surface area contributed by atoms with E-state index in [9.17, 15) is 9.18 Å². The summed E-state index contributed by atoms with van der Waals surface area (Å²) in [5.74, 6) is -0.0296. The molecule has 0 aliphatic rings. The number of hydrogen-bond acceptors (Lipinski definition) is 3. The Morgan fingerprint density at radius 3 is 2.22 bits per heavy atom. The van der Waals surface area contributed by atoms with Crippen molar-refractivity contribution in [2.45, 2.75) is 13.8 Å². The molecule has 0 unspecified atom stereocenters. The highest BCUT2D eigenvalue weighted by Crippen LogP contribution is 2.28. The topological polar surface area (TPSA) is 51.3 Å². The zero-order valence-electron chi connectivity index (χ0n) is 10.8. The standard InChI is InChI=1S/C11H10FNO3.C2H6/c1-15-9-4-6-7(3-8(9)12)11(14)13-5-10(6)16-2;1-2/h3-5H,1-2H3,(H,13,14);1-2H3. The second-order valence-corrected chi connectivity index (χ2v) is 3.22. The minimum atomic E-state index is -0.575. The van der Waals surface area contributed by atoms with Gasteiger partial charge in [0, 0.05) is 11.6 Å². The lowest BCUT2D eigenvalue weighted by Gasteiger charge is -2.07. The van der Waals surface area contributed by atoms with Crippen molar-refractivity contribution in [1.82, 2.24) is 4.98 Å². The van der Waals surface area contributed by atoms with Gasteiger partial charge in [-0.2, -0.15) is 0 Å². The van der Waals surface area contributed by atoms with Gasteiger partial charge in [0.15, 0.2) is 11.6 Å². The zero-order valence-corrected chi connectivity index (χ0v) is 10.8. The number of aromatic nitrogens is 1. The van der Waals surface area contributed by atoms with Crippen LogP contribution in [0.15, 0.2) is 23.1 Å². The van der Waals surface area contributed by atoms with E-state index in [1.54, 1.807) is 0 Å². The third-order valence-electron chi connectivity index (χ3n) is 2.36. The summed E-state index contributed by atoms with van der Waals surface area (Å²) in [5, 5.41) is 0.752. The van der Waals surface area contributed by atoms with Crippen molar-refractivity contribution in [3.8, 4) is 11.5 Å². The molecular weight excluding hydrogens is 237 g/mol. The first-order valence-electron chi connectivity index (χ1n) is 5.60. The number of rotatable bonds is 2. The molecule has 18 heavy (non-hydrogen) atoms. The number of methoxy groups -OCH3 is 2. The lowest BCUT2D eigenvalue weighted by molar-refractivity contribution is 0.386. The van der Waals surface area contributed by atoms with Crippen molar-refractivity contribution < 1.29 is 13.9 Å². The van der Waals surface area contributed by atoms with Crippen molar-refractivity contribution in [2.75, 3.05) is 14.2 Å². The molecule has 0 spiro atoms. The molecular formula is C13H16FNO3. The predicted octanol–water partition coefficient (Wildman–Crippen LogP) is 2.71. The van der Waals surface area contributed by atoms with Crippen molar-refractivity contribution in [1.29, 1.82) is 0 Å². The maximum Gasteiger partial charge on any atom is 0.256 e. The van der Waals surface area contributed by atoms with Gasteiger partial charge in [0.1, 0.15) is 5.75 Å². The maximum atomic E-state index is 13.4. The summed E-state index contributed by atoms with van der Waals surface area (Å²) < 4.78 is 23.3. The fourth-order valence-corrected chi connectivity index (χ4v) is 1.56. The maximum absolute atomic E-state index is 13.4. The van der Waals surface area contributed by atoms with E-state index in [-0.39, 0.29) is 16.7 Å². The molecule has 0 radical (unpaired) electrons. The Bertz CT molecular complexity index is 593. The number of H-pyrrole nitrogens is 1. The molecule has 2 rings (SSSR count). The molecule has 0 saturated carbocycles. The molecule has 1 aromatic heterocycles. The van der Waals surface area contributed by atoms with E-state index in [1.165, 1.54) is 26.5 Å². The van der Waals surface area contributed by atoms with E-state index in [4.69, 9.17) is 9.47 Å². The molecule has 0 atom stereocenters. The summed E-state index contributed by atoms with van der Waals surface area (Å²) in [4.78, 5) is 14.0. The lowest BCUT2D eigenvalue weighted by atomic mass is 10.1. The average Bonchev–Trinajstić information content (AvgIpc) is 2.41. The Morgan fingerprint density at radius 2 is 1.67 bits per heavy atom. The quantitative estimate of drug-likeness (QED) is 0.895. The molecule has 2 aromatic rings. The fraction of sp³-hybridized carbons (Fsp3) is 0.308. The number of halogens is 1. The Kier molecular flexibility index (Phi) is 4.71. The highest BCUT2D eigenvalue weighted by molar-refractivity contribution is 5.88. The minimum Gasteiger partial charge on any atom is -0.495 e. The summed E-state index contributed by atoms with van der Waals surface area (Å²) in [6.45, 7) is 4.00. The Balaban J connectivity index is 0.000000771. The lowest BCUT2D eigenvalue weighted by Crippen LogP contribution is -2.07. The van der Waals surface area contributed by atoms with Gasteiger partial charge in [-0.1, -0.05) is 13.8 Å². The van der Waals surface area contributed by atoms with Crippen molar-refractivity contribution in [3.05, 3.63) is 34.5 Å². The molecule has 0 bridgehead atoms. The number of benzene rings is 1. The Labute approximate surface area is 104 Å². The van der Waals surface area contributed by atoms with Gasteiger partial charge in [0.25, 0.3) is 5.56 Å². The molecule has 98 valence electrons. The summed E-state index contributed by atoms with van der Waals surface area (Å²) in [6.07, 6.45) is 1.43. The fourth-order valence-electron chi connectivity index (χ4n) is 1.56. The van der Waals surface area contributed by atoms with E-state index in [1.807, 2.05) is 13.8 Å². The summed E-state index contributed by atoms with van der Waals surface area (Å²) in [7, 11) is 2.84. The van der Waals surface area contributed by atoms with Crippen LogP contribution in [0.25, 0.3) is 10.8 Å². The zero-order chi connectivity index (χ0) is 13.7. The van der Waals surface area contributed by atoms with Crippen LogP contribution in [0.5, 0.6) is 11.5 Å². The largest absolute Gasteiger partial charge is 0.495 e. The summed E-state index contributed by atoms with van der Waals surface area (Å²) >= 11 is 0. The Morgan fingerprint density at radius 1 is 1.06 bits per heavy atom. The van der Waals surface area contributed by atoms with E-state index in [2.05, 4.69) is 4.98 Å². The van der Waals surface area contributed by atoms with Gasteiger partial charge in [0.05, 0.1) is 19.6 Å². The summed E-state index contributed by atoms with van der Waals surface area (Å²) in [5.41, 5.74) is -0.364. The molecule has 0 amide bonds. The van der Waals surface area contributed by atoms with Gasteiger partial charge in [-0.05, 0) is 12.1 Å². The molecule has 4 nitrogen and oxygen atoms in total. The van der Waals surface area contributed by atoms with Crippen molar-refractivity contribution in [3.63, 3.8) is 0 Å². The smallest absolute Gasteiger partial charge is 0.256 e. The van der Waals surface area contributed by atoms with Crippen LogP contribution < -0.4 is 15.0 Å². The highest BCUT2D eigenvalue weighted by atomic mass is 19.1. The molecule has 0 saturated heterocycles. The van der Waals surface area contributed by atoms with E-state index >= 15 is 0 Å². The second kappa shape index (κ2) is 6.05. The minimum absolute atomic E-state index is 0.0800. The number of fused-ring (bicyclic) bond motifs is 1. The normalized spacial score (nSPS) is 9.61. The molecule has 1 aromatic carbocycles. The third kappa shape index (κ3) is 2.45. The Hall–Kier alpha value is -2.04. The highest BCUT2D eigenvalue weighted by Gasteiger charge is 2.10. The van der Waals surface area contributed by atoms with Crippen LogP contribution >= 0.6 is 0 Å². The van der Waals surface area contributed by atoms with Gasteiger partial charge in [-0.25, -0.2) is 4.39 Å². The van der Waals surface area contributed by atoms with Crippen LogP contribution in [0, 0.1) is 5.82 Å². The third-order valence-corrected chi connectivity index (χ3v) is 2.36. The number of nitrogens with one attached hydrogen (secondary N) is 1. The number of ether oxygens (including phenoxy) is 2. The molecule has 0 fully saturated rings. The first-order chi connectivity index (χ1) is 8.67. The molecule has 5 heteroatoms. The van der Waals surface area contributed by atoms with Crippen molar-refractivity contribution in [2.24, 2.45) is 0 Å². The van der Waals surface area contributed by atoms with Crippen LogP contribution in [0.3, 0.4) is 0 Å². The predicted molar refractivity (Wildman–Crippen MR) is 69.0 cm³/mol. The molecule has 1 heterocycles. The molecule has 0 aliphatic carbocycles. The SMILES string of the molecule is CC.COc1cc2c(OC)c[nH]c(=O)c2cc1F. The molecule has 0 aliphatic heterocycles. The number of pyridine rings is 1. The number of aromatic amines is 1. The second-order valence-electron chi connectivity index (χ2n) is 3.22. The monoisotopic (exact) mass is 253 g/mol. The first kappa shape index (κ1) is 14.0. The average molecular weight is 253 g/mol. The van der Waals surface area contributed by atoms with Gasteiger partial charge >= 0.3 is 0 Å². The van der Waals surface area contributed by atoms with Gasteiger partial charge in [-0.15, -0.1) is 0 Å². The van der Waals surface area contributed by atoms with E-state index < -0.39 is 5.82 Å². The van der Waals surface area contributed by atoms with Crippen LogP contribution in [0.4, 0.5) is 4.39 Å². The van der Waals surface area contributed by atoms with Gasteiger partial charge in [0.2, 0.25) is 0 Å². The van der Waals surface area contributed by atoms with Gasteiger partial charge in [-0.3, -0.25) is 4.79 Å². The molecule has 1 N–H and O–H groups in total. The van der Waals surface area contributed by atoms with E-state index in [0.717, 1.165) is 6.07 Å². The van der Waals surface area contributed by atoms with Crippen LogP contribution in [0.1, 0.15) is 13.8 Å². The first-order valence-corrected chi connectivity index (χ1v) is 5.60. The number of hydrogen-bond donors (Lipinski definition) is 1. The van der Waals surface area contributed by atoms with Crippen molar-refractivity contribution >= 4 is 10.8 Å². The van der Waals surface area contributed by atoms with E-state index in [0.29, 0.717) is 11.1 Å².